The number of nitrogens with zero attached hydrogens (tertiary/aromatic N) is 1. The molecule has 1 aliphatic heterocycles. The van der Waals surface area contributed by atoms with Gasteiger partial charge in [0.15, 0.2) is 5.43 Å². The molecule has 0 fully saturated rings. The summed E-state index contributed by atoms with van der Waals surface area (Å²) < 4.78 is 5.94. The van der Waals surface area contributed by atoms with E-state index in [1.807, 2.05) is 25.1 Å². The van der Waals surface area contributed by atoms with Crippen molar-refractivity contribution in [1.82, 2.24) is 0 Å². The van der Waals surface area contributed by atoms with E-state index < -0.39 is 5.97 Å². The first-order valence-corrected chi connectivity index (χ1v) is 8.81. The number of hydrogen-bond acceptors (Lipinski definition) is 5. The average Bonchev–Trinajstić information content (AvgIpc) is 2.66. The number of hydrogen-bond donors (Lipinski definition) is 1. The molecule has 2 aromatic rings. The molecule has 2 aliphatic rings. The smallest absolute Gasteiger partial charge is 0.336 e. The first-order chi connectivity index (χ1) is 13.5. The van der Waals surface area contributed by atoms with Crippen LogP contribution < -0.4 is 5.43 Å². The number of aryl methyl sites for hydroxylation is 1. The molecule has 0 spiro atoms. The number of rotatable bonds is 3. The van der Waals surface area contributed by atoms with Gasteiger partial charge in [-0.1, -0.05) is 18.2 Å². The summed E-state index contributed by atoms with van der Waals surface area (Å²) in [7, 11) is 0. The lowest BCUT2D eigenvalue weighted by Crippen LogP contribution is -2.03. The van der Waals surface area contributed by atoms with Crippen molar-refractivity contribution in [3.05, 3.63) is 75.9 Å². The zero-order chi connectivity index (χ0) is 19.8. The summed E-state index contributed by atoms with van der Waals surface area (Å²) in [5.41, 5.74) is 3.71. The molecule has 136 valence electrons. The summed E-state index contributed by atoms with van der Waals surface area (Å²) >= 11 is 4.61. The normalized spacial score (nSPS) is 10.8. The number of aromatic carboxylic acids is 1. The molecule has 6 heteroatoms. The van der Waals surface area contributed by atoms with Gasteiger partial charge in [-0.25, -0.2) is 4.79 Å². The molecule has 0 atom stereocenters. The average molecular weight is 387 g/mol. The number of aliphatic imine (C=N–C) groups is 1. The van der Waals surface area contributed by atoms with Crippen LogP contribution in [0.3, 0.4) is 0 Å². The monoisotopic (exact) mass is 387 g/mol. The zero-order valence-electron chi connectivity index (χ0n) is 14.7. The Morgan fingerprint density at radius 2 is 1.86 bits per heavy atom. The van der Waals surface area contributed by atoms with E-state index in [-0.39, 0.29) is 11.0 Å². The second-order valence-corrected chi connectivity index (χ2v) is 6.56. The second kappa shape index (κ2) is 6.85. The molecule has 4 rings (SSSR count). The van der Waals surface area contributed by atoms with Crippen LogP contribution in [0.2, 0.25) is 0 Å². The third-order valence-electron chi connectivity index (χ3n) is 4.53. The van der Waals surface area contributed by atoms with Crippen molar-refractivity contribution in [3.63, 3.8) is 0 Å². The van der Waals surface area contributed by atoms with E-state index in [0.717, 1.165) is 10.9 Å². The predicted molar refractivity (Wildman–Crippen MR) is 111 cm³/mol. The number of carboxylic acid groups (broad SMARTS) is 1. The molecule has 0 amide bonds. The van der Waals surface area contributed by atoms with Crippen LogP contribution in [0.25, 0.3) is 33.4 Å². The minimum absolute atomic E-state index is 0.0760. The lowest BCUT2D eigenvalue weighted by Gasteiger charge is -2.17. The number of carbonyl (C=O) groups is 1. The van der Waals surface area contributed by atoms with Gasteiger partial charge in [-0.3, -0.25) is 4.79 Å². The van der Waals surface area contributed by atoms with Gasteiger partial charge in [0.25, 0.3) is 0 Å². The van der Waals surface area contributed by atoms with Crippen LogP contribution in [-0.2, 0) is 0 Å². The van der Waals surface area contributed by atoms with E-state index in [4.69, 9.17) is 4.42 Å². The highest BCUT2D eigenvalue weighted by atomic mass is 32.1. The van der Waals surface area contributed by atoms with E-state index in [2.05, 4.69) is 22.4 Å². The SMILES string of the molecule is Cc1ccc2c(-c3ccc(N=C=S)cc3C(=O)O)c3ccc(=O)cc-3oc2c1. The molecule has 1 N–H and O–H groups in total. The van der Waals surface area contributed by atoms with E-state index in [1.54, 1.807) is 18.2 Å². The van der Waals surface area contributed by atoms with Gasteiger partial charge in [-0.2, -0.15) is 4.99 Å². The zero-order valence-corrected chi connectivity index (χ0v) is 15.5. The standard InChI is InChI=1S/C22H13NO4S/c1-12-2-5-16-19(8-12)27-20-10-14(24)4-7-17(20)21(16)15-6-3-13(23-11-28)9-18(15)22(25)26/h2-10H,1H3,(H,25,26). The van der Waals surface area contributed by atoms with Crippen molar-refractivity contribution in [3.8, 4) is 22.5 Å². The largest absolute Gasteiger partial charge is 0.478 e. The molecular weight excluding hydrogens is 374 g/mol. The Labute approximate surface area is 164 Å². The van der Waals surface area contributed by atoms with E-state index in [0.29, 0.717) is 33.7 Å². The fourth-order valence-corrected chi connectivity index (χ4v) is 3.42. The molecule has 1 aliphatic carbocycles. The summed E-state index contributed by atoms with van der Waals surface area (Å²) in [5, 5.41) is 12.8. The highest BCUT2D eigenvalue weighted by molar-refractivity contribution is 7.78. The Morgan fingerprint density at radius 1 is 1.07 bits per heavy atom. The molecular formula is C22H13NO4S. The van der Waals surface area contributed by atoms with E-state index in [9.17, 15) is 14.7 Å². The summed E-state index contributed by atoms with van der Waals surface area (Å²) in [6.07, 6.45) is 0. The molecule has 0 bridgehead atoms. The molecule has 2 aromatic carbocycles. The molecule has 0 saturated carbocycles. The highest BCUT2D eigenvalue weighted by Crippen LogP contribution is 2.41. The summed E-state index contributed by atoms with van der Waals surface area (Å²) in [6, 6.07) is 15.0. The van der Waals surface area contributed by atoms with Gasteiger partial charge < -0.3 is 9.52 Å². The molecule has 0 aromatic heterocycles. The first kappa shape index (κ1) is 17.8. The maximum atomic E-state index is 12.0. The minimum Gasteiger partial charge on any atom is -0.478 e. The van der Waals surface area contributed by atoms with Crippen LogP contribution in [0, 0.1) is 6.92 Å². The molecule has 0 radical (unpaired) electrons. The van der Waals surface area contributed by atoms with Crippen LogP contribution in [0.4, 0.5) is 5.69 Å². The van der Waals surface area contributed by atoms with Gasteiger partial charge >= 0.3 is 5.97 Å². The number of carboxylic acids is 1. The lowest BCUT2D eigenvalue weighted by molar-refractivity contribution is 0.0698. The summed E-state index contributed by atoms with van der Waals surface area (Å²) in [5.74, 6) is -0.691. The van der Waals surface area contributed by atoms with Crippen LogP contribution in [0.15, 0.2) is 68.8 Å². The Balaban J connectivity index is 2.17. The number of benzene rings is 3. The van der Waals surface area contributed by atoms with Gasteiger partial charge in [-0.05, 0) is 60.6 Å². The van der Waals surface area contributed by atoms with Crippen molar-refractivity contribution >= 4 is 40.0 Å². The van der Waals surface area contributed by atoms with Gasteiger partial charge in [-0.15, -0.1) is 0 Å². The topological polar surface area (TPSA) is 79.9 Å². The van der Waals surface area contributed by atoms with Crippen LogP contribution in [-0.4, -0.2) is 16.2 Å². The van der Waals surface area contributed by atoms with Crippen molar-refractivity contribution in [2.45, 2.75) is 6.92 Å². The van der Waals surface area contributed by atoms with Gasteiger partial charge in [0.1, 0.15) is 11.3 Å². The maximum Gasteiger partial charge on any atom is 0.336 e. The Kier molecular flexibility index (Phi) is 4.35. The lowest BCUT2D eigenvalue weighted by atomic mass is 9.90. The third kappa shape index (κ3) is 3.01. The Morgan fingerprint density at radius 3 is 2.61 bits per heavy atom. The predicted octanol–water partition coefficient (Wildman–Crippen LogP) is 5.31. The van der Waals surface area contributed by atoms with E-state index in [1.165, 1.54) is 18.2 Å². The number of thiocarbonyl (C=S) groups is 1. The molecule has 5 nitrogen and oxygen atoms in total. The highest BCUT2D eigenvalue weighted by Gasteiger charge is 2.22. The van der Waals surface area contributed by atoms with Crippen molar-refractivity contribution in [2.75, 3.05) is 0 Å². The van der Waals surface area contributed by atoms with Crippen molar-refractivity contribution in [2.24, 2.45) is 4.99 Å². The Bertz CT molecular complexity index is 1330. The minimum atomic E-state index is -1.09. The number of fused-ring (bicyclic) bond motifs is 2. The first-order valence-electron chi connectivity index (χ1n) is 8.41. The van der Waals surface area contributed by atoms with Crippen LogP contribution in [0.1, 0.15) is 15.9 Å². The van der Waals surface area contributed by atoms with Crippen molar-refractivity contribution < 1.29 is 14.3 Å². The molecule has 0 unspecified atom stereocenters. The quantitative estimate of drug-likeness (QED) is 0.293. The van der Waals surface area contributed by atoms with Gasteiger partial charge in [0.05, 0.1) is 16.4 Å². The third-order valence-corrected chi connectivity index (χ3v) is 4.62. The Hall–Kier alpha value is -3.60. The van der Waals surface area contributed by atoms with Crippen LogP contribution >= 0.6 is 12.2 Å². The molecule has 1 heterocycles. The molecule has 28 heavy (non-hydrogen) atoms. The fraction of sp³-hybridized carbons (Fsp3) is 0.0455. The van der Waals surface area contributed by atoms with Gasteiger partial charge in [0.2, 0.25) is 0 Å². The van der Waals surface area contributed by atoms with Gasteiger partial charge in [0, 0.05) is 22.6 Å². The maximum absolute atomic E-state index is 12.0. The van der Waals surface area contributed by atoms with Crippen molar-refractivity contribution in [1.29, 1.82) is 0 Å². The molecule has 0 saturated heterocycles. The summed E-state index contributed by atoms with van der Waals surface area (Å²) in [6.45, 7) is 1.93. The summed E-state index contributed by atoms with van der Waals surface area (Å²) in [4.78, 5) is 27.7. The van der Waals surface area contributed by atoms with Crippen LogP contribution in [0.5, 0.6) is 0 Å². The number of isothiocyanates is 1. The second-order valence-electron chi connectivity index (χ2n) is 6.37. The fourth-order valence-electron chi connectivity index (χ4n) is 3.32. The van der Waals surface area contributed by atoms with E-state index >= 15 is 0 Å².